The maximum Gasteiger partial charge on any atom is 0 e. The summed E-state index contributed by atoms with van der Waals surface area (Å²) in [6.07, 6.45) is -2.33. The molecule has 0 rings (SSSR count). The Balaban J connectivity index is -0.0000000450. The Morgan fingerprint density at radius 1 is 1.17 bits per heavy atom. The molecule has 3 nitrogen and oxygen atoms in total. The van der Waals surface area contributed by atoms with Gasteiger partial charge in [-0.15, -0.1) is 0 Å². The summed E-state index contributed by atoms with van der Waals surface area (Å²) in [6.45, 7) is 0. The molecule has 0 aromatic carbocycles. The van der Waals surface area contributed by atoms with Gasteiger partial charge in [0.25, 0.3) is 0 Å². The summed E-state index contributed by atoms with van der Waals surface area (Å²) >= 11 is 0. The first kappa shape index (κ1) is 16.0. The zero-order valence-electron chi connectivity index (χ0n) is 2.48. The van der Waals surface area contributed by atoms with Crippen molar-refractivity contribution in [2.24, 2.45) is 0 Å². The molecule has 0 aliphatic heterocycles. The third-order valence-electron chi connectivity index (χ3n) is 0. The maximum absolute atomic E-state index is 8.33. The van der Waals surface area contributed by atoms with Gasteiger partial charge in [0.1, 0.15) is 0 Å². The smallest absolute Gasteiger partial charge is 0 e. The third kappa shape index (κ3) is 180. The molecule has 0 amide bonds. The number of rotatable bonds is 0. The molecule has 2 radical (unpaired) electrons. The van der Waals surface area contributed by atoms with Crippen molar-refractivity contribution in [3.63, 3.8) is 0 Å². The topological polar surface area (TPSA) is 63.2 Å². The van der Waals surface area contributed by atoms with E-state index in [0.29, 0.717) is 0 Å². The molecular formula is CO3Tc2-2. The van der Waals surface area contributed by atoms with Crippen molar-refractivity contribution in [3.05, 3.63) is 0 Å². The molecule has 0 aromatic rings. The minimum Gasteiger partial charge on any atom is -0.652 e. The van der Waals surface area contributed by atoms with Gasteiger partial charge in [0.2, 0.25) is 0 Å². The molecule has 0 bridgehead atoms. The van der Waals surface area contributed by atoms with Crippen LogP contribution < -0.4 is 10.2 Å². The van der Waals surface area contributed by atoms with Gasteiger partial charge in [-0.05, 0) is 6.16 Å². The third-order valence-corrected chi connectivity index (χ3v) is 0. The van der Waals surface area contributed by atoms with E-state index in [1.807, 2.05) is 0 Å². The molecule has 0 saturated carbocycles. The van der Waals surface area contributed by atoms with Gasteiger partial charge in [-0.1, -0.05) is 0 Å². The van der Waals surface area contributed by atoms with Crippen LogP contribution in [0.4, 0.5) is 4.79 Å². The summed E-state index contributed by atoms with van der Waals surface area (Å²) in [4.78, 5) is 8.33. The van der Waals surface area contributed by atoms with Crippen molar-refractivity contribution in [2.75, 3.05) is 0 Å². The van der Waals surface area contributed by atoms with Crippen LogP contribution in [0.15, 0.2) is 0 Å². The molecule has 0 aliphatic rings. The first-order valence-corrected chi connectivity index (χ1v) is 0.612. The van der Waals surface area contributed by atoms with E-state index in [1.165, 1.54) is 0 Å². The van der Waals surface area contributed by atoms with E-state index in [-0.39, 0.29) is 40.2 Å². The number of carboxylic acid groups (broad SMARTS) is 2. The van der Waals surface area contributed by atoms with Crippen LogP contribution in [0.1, 0.15) is 0 Å². The van der Waals surface area contributed by atoms with Crippen molar-refractivity contribution in [1.29, 1.82) is 0 Å². The number of carbonyl (C=O) groups excluding carboxylic acids is 1. The molecule has 0 heterocycles. The molecule has 5 heteroatoms. The molecule has 38 valence electrons. The van der Waals surface area contributed by atoms with Crippen LogP contribution >= 0.6 is 0 Å². The first-order chi connectivity index (χ1) is 1.73. The number of hydrogen-bond acceptors (Lipinski definition) is 3. The zero-order chi connectivity index (χ0) is 3.58. The van der Waals surface area contributed by atoms with E-state index < -0.39 is 6.16 Å². The van der Waals surface area contributed by atoms with Crippen molar-refractivity contribution in [2.45, 2.75) is 0 Å². The quantitative estimate of drug-likeness (QED) is 0.483. The standard InChI is InChI=1S/CH2O3.2Tc/c2-1(3)4;;/h(H2,2,3,4);;/p-2. The molecule has 0 atom stereocenters. The fraction of sp³-hybridized carbons (Fsp3) is 0. The van der Waals surface area contributed by atoms with E-state index in [9.17, 15) is 0 Å². The maximum atomic E-state index is 8.33. The largest absolute Gasteiger partial charge is 0.652 e. The van der Waals surface area contributed by atoms with Gasteiger partial charge in [0.05, 0.1) is 0 Å². The Morgan fingerprint density at radius 2 is 1.17 bits per heavy atom. The fourth-order valence-electron chi connectivity index (χ4n) is 0. The van der Waals surface area contributed by atoms with E-state index in [0.717, 1.165) is 0 Å². The zero-order valence-corrected chi connectivity index (χ0v) is 6.20. The van der Waals surface area contributed by atoms with Gasteiger partial charge in [0.15, 0.2) is 0 Å². The second-order valence-corrected chi connectivity index (χ2v) is 0.250. The van der Waals surface area contributed by atoms with Gasteiger partial charge in [-0.2, -0.15) is 0 Å². The molecule has 0 N–H and O–H groups in total. The molecule has 0 spiro atoms. The van der Waals surface area contributed by atoms with Gasteiger partial charge < -0.3 is 15.0 Å². The van der Waals surface area contributed by atoms with Crippen LogP contribution in [-0.2, 0) is 40.2 Å². The van der Waals surface area contributed by atoms with Crippen LogP contribution in [0.25, 0.3) is 0 Å². The summed E-state index contributed by atoms with van der Waals surface area (Å²) in [5.41, 5.74) is 0. The van der Waals surface area contributed by atoms with Crippen LogP contribution in [0.2, 0.25) is 0 Å². The van der Waals surface area contributed by atoms with Gasteiger partial charge in [-0.3, -0.25) is 0 Å². The fourth-order valence-corrected chi connectivity index (χ4v) is 0. The summed E-state index contributed by atoms with van der Waals surface area (Å²) in [6, 6.07) is 0. The van der Waals surface area contributed by atoms with Crippen LogP contribution in [0, 0.1) is 0 Å². The molecule has 0 saturated heterocycles. The summed E-state index contributed by atoms with van der Waals surface area (Å²) in [5.74, 6) is 0. The predicted octanol–water partition coefficient (Wildman–Crippen LogP) is -2.45. The van der Waals surface area contributed by atoms with Crippen molar-refractivity contribution in [1.82, 2.24) is 0 Å². The summed E-state index contributed by atoms with van der Waals surface area (Å²) < 4.78 is 0. The van der Waals surface area contributed by atoms with E-state index in [4.69, 9.17) is 15.0 Å². The molecule has 0 aromatic heterocycles. The minimum absolute atomic E-state index is 0. The average molecular weight is 256 g/mol. The van der Waals surface area contributed by atoms with Crippen molar-refractivity contribution >= 4 is 6.16 Å². The van der Waals surface area contributed by atoms with Crippen molar-refractivity contribution in [3.8, 4) is 0 Å². The summed E-state index contributed by atoms with van der Waals surface area (Å²) in [5, 5.41) is 16.7. The Kier molecular flexibility index (Phi) is 24.3. The molecular weight excluding hydrogens is 256 g/mol. The van der Waals surface area contributed by atoms with Gasteiger partial charge >= 0.3 is 0 Å². The van der Waals surface area contributed by atoms with Crippen LogP contribution in [-0.4, -0.2) is 6.16 Å². The van der Waals surface area contributed by atoms with Crippen molar-refractivity contribution < 1.29 is 55.2 Å². The van der Waals surface area contributed by atoms with Gasteiger partial charge in [0, 0.05) is 40.2 Å². The second kappa shape index (κ2) is 9.13. The van der Waals surface area contributed by atoms with Crippen LogP contribution in [0.3, 0.4) is 0 Å². The normalized spacial score (nSPS) is 4.00. The predicted molar refractivity (Wildman–Crippen MR) is 5.40 cm³/mol. The minimum atomic E-state index is -2.33. The second-order valence-electron chi connectivity index (χ2n) is 0.250. The first-order valence-electron chi connectivity index (χ1n) is 0.612. The number of hydrogen-bond donors (Lipinski definition) is 0. The Bertz CT molecular complexity index is 31.8. The Hall–Kier alpha value is 0.569. The average Bonchev–Trinajstić information content (AvgIpc) is 0.811. The molecule has 0 aliphatic carbocycles. The molecule has 0 unspecified atom stereocenters. The summed E-state index contributed by atoms with van der Waals surface area (Å²) in [7, 11) is 0. The van der Waals surface area contributed by atoms with E-state index in [2.05, 4.69) is 0 Å². The molecule has 6 heavy (non-hydrogen) atoms. The van der Waals surface area contributed by atoms with E-state index >= 15 is 0 Å². The SMILES string of the molecule is O=C([O-])[O-].[Tc].[Tc]. The van der Waals surface area contributed by atoms with Crippen LogP contribution in [0.5, 0.6) is 0 Å². The number of carbonyl (C=O) groups is 1. The van der Waals surface area contributed by atoms with Gasteiger partial charge in [-0.25, -0.2) is 0 Å². The monoisotopic (exact) mass is 254 g/mol. The molecule has 0 fully saturated rings. The Labute approximate surface area is 61.4 Å². The Morgan fingerprint density at radius 3 is 1.17 bits per heavy atom. The van der Waals surface area contributed by atoms with E-state index in [1.54, 1.807) is 0 Å².